The van der Waals surface area contributed by atoms with Crippen molar-refractivity contribution in [2.24, 2.45) is 5.73 Å². The molecule has 0 saturated heterocycles. The molecule has 80 valence electrons. The van der Waals surface area contributed by atoms with Crippen LogP contribution in [-0.2, 0) is 0 Å². The zero-order valence-corrected chi connectivity index (χ0v) is 7.74. The van der Waals surface area contributed by atoms with E-state index in [1.807, 2.05) is 0 Å². The Balaban J connectivity index is 2.37. The molecule has 0 amide bonds. The van der Waals surface area contributed by atoms with Crippen LogP contribution in [0.3, 0.4) is 0 Å². The lowest BCUT2D eigenvalue weighted by molar-refractivity contribution is -0.286. The van der Waals surface area contributed by atoms with Gasteiger partial charge in [0.05, 0.1) is 0 Å². The second kappa shape index (κ2) is 3.51. The third-order valence-corrected chi connectivity index (χ3v) is 1.89. The lowest BCUT2D eigenvalue weighted by Gasteiger charge is -2.05. The van der Waals surface area contributed by atoms with E-state index in [1.165, 1.54) is 6.07 Å². The van der Waals surface area contributed by atoms with E-state index in [0.29, 0.717) is 12.1 Å². The lowest BCUT2D eigenvalue weighted by Crippen LogP contribution is -2.26. The van der Waals surface area contributed by atoms with E-state index in [2.05, 4.69) is 9.47 Å². The van der Waals surface area contributed by atoms with Crippen molar-refractivity contribution in [1.82, 2.24) is 0 Å². The van der Waals surface area contributed by atoms with Gasteiger partial charge >= 0.3 is 6.29 Å². The van der Waals surface area contributed by atoms with Crippen LogP contribution in [0.4, 0.5) is 8.78 Å². The summed E-state index contributed by atoms with van der Waals surface area (Å²) in [7, 11) is 0. The molecule has 1 aromatic rings. The standard InChI is InChI=1S/C10H9F2NO2/c11-10(12)14-8-5-1-3-7(4-2-6-13)9(8)15-10/h1-5H,6,13H2/b4-2+. The molecule has 1 heterocycles. The van der Waals surface area contributed by atoms with Crippen LogP contribution >= 0.6 is 0 Å². The highest BCUT2D eigenvalue weighted by atomic mass is 19.3. The van der Waals surface area contributed by atoms with Gasteiger partial charge in [-0.25, -0.2) is 0 Å². The smallest absolute Gasteiger partial charge is 0.395 e. The van der Waals surface area contributed by atoms with Gasteiger partial charge < -0.3 is 15.2 Å². The Hall–Kier alpha value is -1.62. The fourth-order valence-corrected chi connectivity index (χ4v) is 1.32. The molecule has 5 heteroatoms. The average Bonchev–Trinajstić information content (AvgIpc) is 2.49. The van der Waals surface area contributed by atoms with Crippen LogP contribution in [0.5, 0.6) is 11.5 Å². The van der Waals surface area contributed by atoms with Crippen molar-refractivity contribution >= 4 is 6.08 Å². The number of nitrogens with two attached hydrogens (primary N) is 1. The first-order valence-corrected chi connectivity index (χ1v) is 4.38. The van der Waals surface area contributed by atoms with Crippen molar-refractivity contribution in [2.75, 3.05) is 6.54 Å². The number of hydrogen-bond donors (Lipinski definition) is 1. The summed E-state index contributed by atoms with van der Waals surface area (Å²) in [6.45, 7) is 0.334. The highest BCUT2D eigenvalue weighted by Crippen LogP contribution is 2.43. The van der Waals surface area contributed by atoms with E-state index in [1.54, 1.807) is 24.3 Å². The number of alkyl halides is 2. The molecule has 0 aliphatic carbocycles. The van der Waals surface area contributed by atoms with Crippen molar-refractivity contribution in [2.45, 2.75) is 6.29 Å². The van der Waals surface area contributed by atoms with E-state index >= 15 is 0 Å². The summed E-state index contributed by atoms with van der Waals surface area (Å²) in [6.07, 6.45) is -0.311. The molecule has 2 rings (SSSR count). The maximum Gasteiger partial charge on any atom is 0.586 e. The summed E-state index contributed by atoms with van der Waals surface area (Å²) in [5.74, 6) is 0.0892. The van der Waals surface area contributed by atoms with E-state index in [9.17, 15) is 8.78 Å². The van der Waals surface area contributed by atoms with Gasteiger partial charge in [0, 0.05) is 12.1 Å². The van der Waals surface area contributed by atoms with Gasteiger partial charge in [-0.15, -0.1) is 8.78 Å². The van der Waals surface area contributed by atoms with E-state index in [4.69, 9.17) is 5.73 Å². The monoisotopic (exact) mass is 213 g/mol. The minimum atomic E-state index is -3.57. The summed E-state index contributed by atoms with van der Waals surface area (Å²) >= 11 is 0. The Morgan fingerprint density at radius 1 is 1.33 bits per heavy atom. The van der Waals surface area contributed by atoms with Crippen LogP contribution in [0.2, 0.25) is 0 Å². The molecule has 0 saturated carbocycles. The molecular formula is C10H9F2NO2. The predicted molar refractivity (Wildman–Crippen MR) is 50.7 cm³/mol. The molecule has 0 radical (unpaired) electrons. The first-order valence-electron chi connectivity index (χ1n) is 4.38. The molecule has 2 N–H and O–H groups in total. The minimum absolute atomic E-state index is 0.0409. The van der Waals surface area contributed by atoms with Gasteiger partial charge in [-0.3, -0.25) is 0 Å². The quantitative estimate of drug-likeness (QED) is 0.816. The van der Waals surface area contributed by atoms with E-state index in [0.717, 1.165) is 0 Å². The number of hydrogen-bond acceptors (Lipinski definition) is 3. The summed E-state index contributed by atoms with van der Waals surface area (Å²) in [5, 5.41) is 0. The topological polar surface area (TPSA) is 44.5 Å². The van der Waals surface area contributed by atoms with Crippen LogP contribution < -0.4 is 15.2 Å². The van der Waals surface area contributed by atoms with Crippen LogP contribution in [0.15, 0.2) is 24.3 Å². The zero-order chi connectivity index (χ0) is 10.9. The van der Waals surface area contributed by atoms with E-state index < -0.39 is 6.29 Å². The van der Waals surface area contributed by atoms with Gasteiger partial charge in [0.25, 0.3) is 0 Å². The molecule has 0 fully saturated rings. The molecular weight excluding hydrogens is 204 g/mol. The highest BCUT2D eigenvalue weighted by molar-refractivity contribution is 5.63. The molecule has 0 aromatic heterocycles. The number of halogens is 2. The Morgan fingerprint density at radius 2 is 2.13 bits per heavy atom. The van der Waals surface area contributed by atoms with Crippen molar-refractivity contribution in [1.29, 1.82) is 0 Å². The van der Waals surface area contributed by atoms with Crippen LogP contribution in [0.25, 0.3) is 6.08 Å². The summed E-state index contributed by atoms with van der Waals surface area (Å²) in [6, 6.07) is 4.69. The fourth-order valence-electron chi connectivity index (χ4n) is 1.32. The normalized spacial score (nSPS) is 17.3. The van der Waals surface area contributed by atoms with Crippen LogP contribution in [-0.4, -0.2) is 12.8 Å². The first kappa shape index (κ1) is 9.92. The summed E-state index contributed by atoms with van der Waals surface area (Å²) < 4.78 is 34.2. The second-order valence-corrected chi connectivity index (χ2v) is 2.98. The van der Waals surface area contributed by atoms with Crippen molar-refractivity contribution in [3.05, 3.63) is 29.8 Å². The number of para-hydroxylation sites is 1. The van der Waals surface area contributed by atoms with Crippen molar-refractivity contribution < 1.29 is 18.3 Å². The molecule has 0 atom stereocenters. The average molecular weight is 213 g/mol. The molecule has 0 spiro atoms. The van der Waals surface area contributed by atoms with Crippen LogP contribution in [0.1, 0.15) is 5.56 Å². The Morgan fingerprint density at radius 3 is 2.87 bits per heavy atom. The van der Waals surface area contributed by atoms with E-state index in [-0.39, 0.29) is 11.5 Å². The lowest BCUT2D eigenvalue weighted by atomic mass is 10.2. The summed E-state index contributed by atoms with van der Waals surface area (Å²) in [5.41, 5.74) is 5.79. The molecule has 15 heavy (non-hydrogen) atoms. The van der Waals surface area contributed by atoms with Gasteiger partial charge in [0.1, 0.15) is 0 Å². The molecule has 0 unspecified atom stereocenters. The first-order chi connectivity index (χ1) is 7.12. The number of ether oxygens (including phenoxy) is 2. The molecule has 3 nitrogen and oxygen atoms in total. The van der Waals surface area contributed by atoms with Gasteiger partial charge in [-0.2, -0.15) is 0 Å². The molecule has 0 bridgehead atoms. The Kier molecular flexibility index (Phi) is 2.32. The molecule has 1 aliphatic rings. The van der Waals surface area contributed by atoms with Gasteiger partial charge in [-0.1, -0.05) is 24.3 Å². The number of benzene rings is 1. The molecule has 1 aliphatic heterocycles. The SMILES string of the molecule is NC/C=C/c1cccc2c1OC(F)(F)O2. The number of rotatable bonds is 2. The number of fused-ring (bicyclic) bond motifs is 1. The summed E-state index contributed by atoms with van der Waals surface area (Å²) in [4.78, 5) is 0. The van der Waals surface area contributed by atoms with Crippen molar-refractivity contribution in [3.63, 3.8) is 0 Å². The maximum absolute atomic E-state index is 12.7. The van der Waals surface area contributed by atoms with Gasteiger partial charge in [-0.05, 0) is 6.07 Å². The minimum Gasteiger partial charge on any atom is -0.395 e. The van der Waals surface area contributed by atoms with Gasteiger partial charge in [0.2, 0.25) is 0 Å². The molecule has 1 aromatic carbocycles. The fraction of sp³-hybridized carbons (Fsp3) is 0.200. The van der Waals surface area contributed by atoms with Crippen LogP contribution in [0, 0.1) is 0 Å². The Bertz CT molecular complexity index is 404. The third kappa shape index (κ3) is 1.92. The van der Waals surface area contributed by atoms with Gasteiger partial charge in [0.15, 0.2) is 11.5 Å². The highest BCUT2D eigenvalue weighted by Gasteiger charge is 2.44. The Labute approximate surface area is 85.1 Å². The predicted octanol–water partition coefficient (Wildman–Crippen LogP) is 1.98. The van der Waals surface area contributed by atoms with Crippen molar-refractivity contribution in [3.8, 4) is 11.5 Å². The second-order valence-electron chi connectivity index (χ2n) is 2.98. The maximum atomic E-state index is 12.7. The largest absolute Gasteiger partial charge is 0.586 e. The zero-order valence-electron chi connectivity index (χ0n) is 7.74. The third-order valence-electron chi connectivity index (χ3n) is 1.89.